The highest BCUT2D eigenvalue weighted by Crippen LogP contribution is 2.14. The van der Waals surface area contributed by atoms with E-state index in [0.29, 0.717) is 31.4 Å². The molecular weight excluding hydrogens is 216 g/mol. The molecule has 4 nitrogen and oxygen atoms in total. The Morgan fingerprint density at radius 2 is 2.00 bits per heavy atom. The van der Waals surface area contributed by atoms with Crippen molar-refractivity contribution in [2.45, 2.75) is 46.1 Å². The van der Waals surface area contributed by atoms with Crippen molar-refractivity contribution in [2.24, 2.45) is 17.6 Å². The molecule has 17 heavy (non-hydrogen) atoms. The molecule has 0 fully saturated rings. The highest BCUT2D eigenvalue weighted by atomic mass is 16.5. The van der Waals surface area contributed by atoms with Gasteiger partial charge in [-0.15, -0.1) is 0 Å². The average Bonchev–Trinajstić information content (AvgIpc) is 2.24. The van der Waals surface area contributed by atoms with Gasteiger partial charge in [0.25, 0.3) is 0 Å². The van der Waals surface area contributed by atoms with Crippen molar-refractivity contribution < 1.29 is 9.53 Å². The standard InChI is InChI=1S/C13H28N2O2/c1-10(2)7-12(9-14)8-13(16)15-11(3)5-6-17-4/h10-12H,5-9,14H2,1-4H3,(H,15,16)/t11?,12-/m0/s1. The van der Waals surface area contributed by atoms with Crippen molar-refractivity contribution in [3.05, 3.63) is 0 Å². The summed E-state index contributed by atoms with van der Waals surface area (Å²) in [6.07, 6.45) is 2.39. The summed E-state index contributed by atoms with van der Waals surface area (Å²) >= 11 is 0. The van der Waals surface area contributed by atoms with E-state index in [1.807, 2.05) is 6.92 Å². The number of carbonyl (C=O) groups excluding carboxylic acids is 1. The van der Waals surface area contributed by atoms with Gasteiger partial charge in [0, 0.05) is 26.2 Å². The molecule has 0 saturated heterocycles. The van der Waals surface area contributed by atoms with Crippen molar-refractivity contribution >= 4 is 5.91 Å². The summed E-state index contributed by atoms with van der Waals surface area (Å²) in [5.41, 5.74) is 5.68. The zero-order valence-corrected chi connectivity index (χ0v) is 11.7. The number of ether oxygens (including phenoxy) is 1. The fourth-order valence-electron chi connectivity index (χ4n) is 1.89. The van der Waals surface area contributed by atoms with Crippen molar-refractivity contribution in [1.29, 1.82) is 0 Å². The second kappa shape index (κ2) is 9.42. The Morgan fingerprint density at radius 1 is 1.35 bits per heavy atom. The minimum absolute atomic E-state index is 0.102. The van der Waals surface area contributed by atoms with Gasteiger partial charge in [0.05, 0.1) is 0 Å². The molecule has 0 aromatic carbocycles. The summed E-state index contributed by atoms with van der Waals surface area (Å²) in [7, 11) is 1.67. The molecule has 102 valence electrons. The van der Waals surface area contributed by atoms with E-state index in [4.69, 9.17) is 10.5 Å². The predicted octanol–water partition coefficient (Wildman–Crippen LogP) is 1.54. The maximum Gasteiger partial charge on any atom is 0.220 e. The van der Waals surface area contributed by atoms with E-state index < -0.39 is 0 Å². The molecule has 1 amide bonds. The van der Waals surface area contributed by atoms with Gasteiger partial charge in [-0.05, 0) is 38.1 Å². The molecule has 4 heteroatoms. The molecule has 0 rings (SSSR count). The number of carbonyl (C=O) groups is 1. The minimum atomic E-state index is 0.102. The van der Waals surface area contributed by atoms with Gasteiger partial charge in [-0.3, -0.25) is 4.79 Å². The molecular formula is C13H28N2O2. The largest absolute Gasteiger partial charge is 0.385 e. The van der Waals surface area contributed by atoms with Crippen LogP contribution < -0.4 is 11.1 Å². The van der Waals surface area contributed by atoms with Crippen LogP contribution in [-0.4, -0.2) is 32.2 Å². The van der Waals surface area contributed by atoms with Crippen molar-refractivity contribution in [1.82, 2.24) is 5.32 Å². The fraction of sp³-hybridized carbons (Fsp3) is 0.923. The monoisotopic (exact) mass is 244 g/mol. The third kappa shape index (κ3) is 9.12. The quantitative estimate of drug-likeness (QED) is 0.646. The Hall–Kier alpha value is -0.610. The van der Waals surface area contributed by atoms with Crippen LogP contribution in [0.3, 0.4) is 0 Å². The second-order valence-corrected chi connectivity index (χ2v) is 5.19. The van der Waals surface area contributed by atoms with Crippen LogP contribution in [0.15, 0.2) is 0 Å². The predicted molar refractivity (Wildman–Crippen MR) is 70.7 cm³/mol. The smallest absolute Gasteiger partial charge is 0.220 e. The van der Waals surface area contributed by atoms with Crippen LogP contribution in [0.4, 0.5) is 0 Å². The van der Waals surface area contributed by atoms with E-state index in [2.05, 4.69) is 19.2 Å². The normalized spacial score (nSPS) is 14.7. The van der Waals surface area contributed by atoms with Gasteiger partial charge in [0.1, 0.15) is 0 Å². The number of amides is 1. The van der Waals surface area contributed by atoms with Gasteiger partial charge in [-0.2, -0.15) is 0 Å². The first-order chi connectivity index (χ1) is 7.99. The van der Waals surface area contributed by atoms with Crippen LogP contribution in [0, 0.1) is 11.8 Å². The van der Waals surface area contributed by atoms with Crippen LogP contribution in [-0.2, 0) is 9.53 Å². The first kappa shape index (κ1) is 16.4. The van der Waals surface area contributed by atoms with E-state index in [1.54, 1.807) is 7.11 Å². The van der Waals surface area contributed by atoms with Crippen LogP contribution in [0.2, 0.25) is 0 Å². The Morgan fingerprint density at radius 3 is 2.47 bits per heavy atom. The number of methoxy groups -OCH3 is 1. The number of rotatable bonds is 9. The number of hydrogen-bond donors (Lipinski definition) is 2. The Bertz CT molecular complexity index is 208. The summed E-state index contributed by atoms with van der Waals surface area (Å²) in [5.74, 6) is 0.983. The van der Waals surface area contributed by atoms with E-state index in [0.717, 1.165) is 12.8 Å². The van der Waals surface area contributed by atoms with Gasteiger partial charge in [0.2, 0.25) is 5.91 Å². The molecule has 0 spiro atoms. The highest BCUT2D eigenvalue weighted by molar-refractivity contribution is 5.76. The fourth-order valence-corrected chi connectivity index (χ4v) is 1.89. The lowest BCUT2D eigenvalue weighted by molar-refractivity contribution is -0.122. The maximum absolute atomic E-state index is 11.8. The molecule has 0 aliphatic rings. The lowest BCUT2D eigenvalue weighted by Crippen LogP contribution is -2.35. The first-order valence-electron chi connectivity index (χ1n) is 6.47. The average molecular weight is 244 g/mol. The topological polar surface area (TPSA) is 64.3 Å². The van der Waals surface area contributed by atoms with Crippen molar-refractivity contribution in [3.8, 4) is 0 Å². The molecule has 3 N–H and O–H groups in total. The van der Waals surface area contributed by atoms with Gasteiger partial charge >= 0.3 is 0 Å². The molecule has 0 aromatic heterocycles. The second-order valence-electron chi connectivity index (χ2n) is 5.19. The van der Waals surface area contributed by atoms with Gasteiger partial charge in [-0.25, -0.2) is 0 Å². The molecule has 0 aliphatic heterocycles. The van der Waals surface area contributed by atoms with Gasteiger partial charge in [0.15, 0.2) is 0 Å². The molecule has 0 heterocycles. The third-order valence-corrected chi connectivity index (χ3v) is 2.77. The van der Waals surface area contributed by atoms with Crippen LogP contribution >= 0.6 is 0 Å². The van der Waals surface area contributed by atoms with E-state index in [9.17, 15) is 4.79 Å². The summed E-state index contributed by atoms with van der Waals surface area (Å²) in [6, 6.07) is 0.167. The summed E-state index contributed by atoms with van der Waals surface area (Å²) in [4.78, 5) is 11.8. The Kier molecular flexibility index (Phi) is 9.09. The molecule has 0 bridgehead atoms. The van der Waals surface area contributed by atoms with Crippen molar-refractivity contribution in [2.75, 3.05) is 20.3 Å². The van der Waals surface area contributed by atoms with E-state index in [1.165, 1.54) is 0 Å². The number of hydrogen-bond acceptors (Lipinski definition) is 3. The molecule has 0 saturated carbocycles. The SMILES string of the molecule is COCCC(C)NC(=O)C[C@@H](CN)CC(C)C. The lowest BCUT2D eigenvalue weighted by atomic mass is 9.94. The molecule has 1 unspecified atom stereocenters. The number of nitrogens with one attached hydrogen (secondary N) is 1. The van der Waals surface area contributed by atoms with Gasteiger partial charge < -0.3 is 15.8 Å². The van der Waals surface area contributed by atoms with Crippen molar-refractivity contribution in [3.63, 3.8) is 0 Å². The zero-order chi connectivity index (χ0) is 13.3. The van der Waals surface area contributed by atoms with Crippen LogP contribution in [0.25, 0.3) is 0 Å². The summed E-state index contributed by atoms with van der Waals surface area (Å²) < 4.78 is 4.98. The van der Waals surface area contributed by atoms with E-state index in [-0.39, 0.29) is 11.9 Å². The Labute approximate surface area is 105 Å². The Balaban J connectivity index is 3.89. The summed E-state index contributed by atoms with van der Waals surface area (Å²) in [5, 5.41) is 2.98. The maximum atomic E-state index is 11.8. The zero-order valence-electron chi connectivity index (χ0n) is 11.7. The molecule has 0 aromatic rings. The highest BCUT2D eigenvalue weighted by Gasteiger charge is 2.15. The first-order valence-corrected chi connectivity index (χ1v) is 6.47. The van der Waals surface area contributed by atoms with Crippen LogP contribution in [0.1, 0.15) is 40.0 Å². The van der Waals surface area contributed by atoms with E-state index >= 15 is 0 Å². The lowest BCUT2D eigenvalue weighted by Gasteiger charge is -2.19. The summed E-state index contributed by atoms with van der Waals surface area (Å²) in [6.45, 7) is 7.56. The molecule has 0 radical (unpaired) electrons. The van der Waals surface area contributed by atoms with Gasteiger partial charge in [-0.1, -0.05) is 13.8 Å². The molecule has 2 atom stereocenters. The minimum Gasteiger partial charge on any atom is -0.385 e. The molecule has 0 aliphatic carbocycles. The third-order valence-electron chi connectivity index (χ3n) is 2.77. The number of nitrogens with two attached hydrogens (primary N) is 1. The van der Waals surface area contributed by atoms with Crippen LogP contribution in [0.5, 0.6) is 0 Å².